The molecule has 1 aliphatic heterocycles. The van der Waals surface area contributed by atoms with Gasteiger partial charge in [0.2, 0.25) is 0 Å². The summed E-state index contributed by atoms with van der Waals surface area (Å²) in [4.78, 5) is 2.65. The van der Waals surface area contributed by atoms with Crippen molar-refractivity contribution >= 4 is 0 Å². The summed E-state index contributed by atoms with van der Waals surface area (Å²) in [6.07, 6.45) is 6.58. The zero-order chi connectivity index (χ0) is 14.5. The van der Waals surface area contributed by atoms with Gasteiger partial charge in [0.15, 0.2) is 0 Å². The Balaban J connectivity index is 2.13. The molecule has 1 N–H and O–H groups in total. The van der Waals surface area contributed by atoms with E-state index < -0.39 is 0 Å². The maximum atomic E-state index is 3.75. The van der Waals surface area contributed by atoms with E-state index in [1.165, 1.54) is 51.7 Å². The maximum absolute atomic E-state index is 3.75. The molecule has 0 aromatic heterocycles. The van der Waals surface area contributed by atoms with Crippen molar-refractivity contribution in [3.8, 4) is 0 Å². The van der Waals surface area contributed by atoms with Gasteiger partial charge in [0.1, 0.15) is 0 Å². The summed E-state index contributed by atoms with van der Waals surface area (Å²) in [6, 6.07) is 0.723. The molecule has 1 heterocycles. The Kier molecular flexibility index (Phi) is 6.32. The second-order valence-electron chi connectivity index (χ2n) is 8.07. The van der Waals surface area contributed by atoms with Crippen molar-refractivity contribution in [2.45, 2.75) is 85.2 Å². The molecule has 114 valence electrons. The van der Waals surface area contributed by atoms with Crippen LogP contribution in [0.5, 0.6) is 0 Å². The molecule has 1 fully saturated rings. The molecule has 1 aliphatic rings. The van der Waals surface area contributed by atoms with Crippen LogP contribution in [0.3, 0.4) is 0 Å². The van der Waals surface area contributed by atoms with Crippen LogP contribution in [0.15, 0.2) is 0 Å². The fourth-order valence-corrected chi connectivity index (χ4v) is 2.79. The topological polar surface area (TPSA) is 15.3 Å². The molecule has 2 nitrogen and oxygen atoms in total. The van der Waals surface area contributed by atoms with Crippen molar-refractivity contribution in [2.75, 3.05) is 19.6 Å². The lowest BCUT2D eigenvalue weighted by atomic mass is 9.90. The minimum Gasteiger partial charge on any atom is -0.313 e. The van der Waals surface area contributed by atoms with Crippen LogP contribution >= 0.6 is 0 Å². The van der Waals surface area contributed by atoms with Gasteiger partial charge in [-0.1, -0.05) is 34.1 Å². The highest BCUT2D eigenvalue weighted by Crippen LogP contribution is 2.24. The van der Waals surface area contributed by atoms with Crippen molar-refractivity contribution < 1.29 is 0 Å². The predicted octanol–water partition coefficient (Wildman–Crippen LogP) is 4.06. The molecule has 0 amide bonds. The normalized spacial score (nSPS) is 22.1. The van der Waals surface area contributed by atoms with E-state index in [9.17, 15) is 0 Å². The van der Waals surface area contributed by atoms with E-state index in [0.717, 1.165) is 6.04 Å². The van der Waals surface area contributed by atoms with Crippen LogP contribution in [0.2, 0.25) is 0 Å². The van der Waals surface area contributed by atoms with Crippen LogP contribution in [0.4, 0.5) is 0 Å². The van der Waals surface area contributed by atoms with E-state index in [2.05, 4.69) is 51.8 Å². The number of likely N-dealkylation sites (tertiary alicyclic amines) is 1. The summed E-state index contributed by atoms with van der Waals surface area (Å²) in [7, 11) is 0. The van der Waals surface area contributed by atoms with E-state index >= 15 is 0 Å². The SMILES string of the molecule is CCC(C)(C)N1CCC(NCCCCC(C)(C)C)C1. The Morgan fingerprint density at radius 1 is 1.11 bits per heavy atom. The lowest BCUT2D eigenvalue weighted by molar-refractivity contribution is 0.146. The van der Waals surface area contributed by atoms with Gasteiger partial charge in [0.05, 0.1) is 0 Å². The van der Waals surface area contributed by atoms with Crippen molar-refractivity contribution in [2.24, 2.45) is 5.41 Å². The van der Waals surface area contributed by atoms with Gasteiger partial charge in [-0.3, -0.25) is 4.90 Å². The molecule has 0 spiro atoms. The smallest absolute Gasteiger partial charge is 0.0207 e. The van der Waals surface area contributed by atoms with Gasteiger partial charge in [0.25, 0.3) is 0 Å². The van der Waals surface area contributed by atoms with Gasteiger partial charge in [-0.25, -0.2) is 0 Å². The summed E-state index contributed by atoms with van der Waals surface area (Å²) in [5.74, 6) is 0. The molecule has 0 saturated carbocycles. The summed E-state index contributed by atoms with van der Waals surface area (Å²) in [6.45, 7) is 17.7. The highest BCUT2D eigenvalue weighted by molar-refractivity contribution is 4.89. The van der Waals surface area contributed by atoms with Crippen LogP contribution in [-0.2, 0) is 0 Å². The molecule has 1 atom stereocenters. The third-order valence-corrected chi connectivity index (χ3v) is 4.70. The Bertz CT molecular complexity index is 252. The number of rotatable bonds is 7. The summed E-state index contributed by atoms with van der Waals surface area (Å²) >= 11 is 0. The standard InChI is InChI=1S/C17H36N2/c1-7-17(5,6)19-13-10-15(14-19)18-12-9-8-11-16(2,3)4/h15,18H,7-14H2,1-6H3. The van der Waals surface area contributed by atoms with Gasteiger partial charge in [0, 0.05) is 24.7 Å². The third kappa shape index (κ3) is 6.27. The van der Waals surface area contributed by atoms with E-state index in [4.69, 9.17) is 0 Å². The van der Waals surface area contributed by atoms with Crippen molar-refractivity contribution in [1.29, 1.82) is 0 Å². The van der Waals surface area contributed by atoms with E-state index in [1.807, 2.05) is 0 Å². The minimum absolute atomic E-state index is 0.378. The fraction of sp³-hybridized carbons (Fsp3) is 1.00. The lowest BCUT2D eigenvalue weighted by Gasteiger charge is -2.34. The molecule has 0 bridgehead atoms. The van der Waals surface area contributed by atoms with Gasteiger partial charge in [-0.2, -0.15) is 0 Å². The molecule has 0 aromatic carbocycles. The zero-order valence-electron chi connectivity index (χ0n) is 14.2. The molecule has 2 heteroatoms. The molecule has 1 unspecified atom stereocenters. The molecule has 0 radical (unpaired) electrons. The predicted molar refractivity (Wildman–Crippen MR) is 85.7 cm³/mol. The third-order valence-electron chi connectivity index (χ3n) is 4.70. The number of nitrogens with one attached hydrogen (secondary N) is 1. The number of hydrogen-bond donors (Lipinski definition) is 1. The summed E-state index contributed by atoms with van der Waals surface area (Å²) in [5, 5.41) is 3.75. The van der Waals surface area contributed by atoms with E-state index in [-0.39, 0.29) is 0 Å². The lowest BCUT2D eigenvalue weighted by Crippen LogP contribution is -2.43. The monoisotopic (exact) mass is 268 g/mol. The van der Waals surface area contributed by atoms with Crippen molar-refractivity contribution in [3.63, 3.8) is 0 Å². The Labute approximate surface area is 121 Å². The van der Waals surface area contributed by atoms with Crippen LogP contribution in [0.1, 0.15) is 73.6 Å². The van der Waals surface area contributed by atoms with Crippen LogP contribution in [-0.4, -0.2) is 36.1 Å². The molecule has 1 rings (SSSR count). The maximum Gasteiger partial charge on any atom is 0.0207 e. The largest absolute Gasteiger partial charge is 0.313 e. The Morgan fingerprint density at radius 3 is 2.37 bits per heavy atom. The Morgan fingerprint density at radius 2 is 1.79 bits per heavy atom. The van der Waals surface area contributed by atoms with Gasteiger partial charge in [-0.15, -0.1) is 0 Å². The molecule has 0 aromatic rings. The first-order valence-electron chi connectivity index (χ1n) is 8.23. The second-order valence-corrected chi connectivity index (χ2v) is 8.07. The summed E-state index contributed by atoms with van der Waals surface area (Å²) in [5.41, 5.74) is 0.873. The van der Waals surface area contributed by atoms with Crippen molar-refractivity contribution in [1.82, 2.24) is 10.2 Å². The van der Waals surface area contributed by atoms with Gasteiger partial charge < -0.3 is 5.32 Å². The highest BCUT2D eigenvalue weighted by Gasteiger charge is 2.31. The van der Waals surface area contributed by atoms with Crippen molar-refractivity contribution in [3.05, 3.63) is 0 Å². The molecule has 19 heavy (non-hydrogen) atoms. The summed E-state index contributed by atoms with van der Waals surface area (Å²) < 4.78 is 0. The first-order chi connectivity index (χ1) is 8.74. The van der Waals surface area contributed by atoms with Crippen LogP contribution < -0.4 is 5.32 Å². The number of hydrogen-bond acceptors (Lipinski definition) is 2. The number of nitrogens with zero attached hydrogens (tertiary/aromatic N) is 1. The van der Waals surface area contributed by atoms with E-state index in [0.29, 0.717) is 11.0 Å². The fourth-order valence-electron chi connectivity index (χ4n) is 2.79. The van der Waals surface area contributed by atoms with Crippen LogP contribution in [0.25, 0.3) is 0 Å². The van der Waals surface area contributed by atoms with E-state index in [1.54, 1.807) is 0 Å². The quantitative estimate of drug-likeness (QED) is 0.701. The zero-order valence-corrected chi connectivity index (χ0v) is 14.2. The van der Waals surface area contributed by atoms with Crippen LogP contribution in [0, 0.1) is 5.41 Å². The number of unbranched alkanes of at least 4 members (excludes halogenated alkanes) is 1. The average molecular weight is 268 g/mol. The molecular formula is C17H36N2. The first-order valence-corrected chi connectivity index (χ1v) is 8.23. The molecule has 0 aliphatic carbocycles. The van der Waals surface area contributed by atoms with Gasteiger partial charge >= 0.3 is 0 Å². The minimum atomic E-state index is 0.378. The Hall–Kier alpha value is -0.0800. The first kappa shape index (κ1) is 17.0. The average Bonchev–Trinajstić information content (AvgIpc) is 2.76. The highest BCUT2D eigenvalue weighted by atomic mass is 15.2. The van der Waals surface area contributed by atoms with Gasteiger partial charge in [-0.05, 0) is 51.5 Å². The second kappa shape index (κ2) is 7.08. The molecule has 1 saturated heterocycles. The molecular weight excluding hydrogens is 232 g/mol.